The van der Waals surface area contributed by atoms with Crippen LogP contribution in [-0.2, 0) is 14.4 Å². The number of benzene rings is 1. The largest absolute Gasteiger partial charge is 0.546 e. The first kappa shape index (κ1) is 14.7. The van der Waals surface area contributed by atoms with Crippen molar-refractivity contribution in [3.63, 3.8) is 0 Å². The smallest absolute Gasteiger partial charge is 0.263 e. The molecule has 0 bridgehead atoms. The fraction of sp³-hybridized carbons (Fsp3) is 0.0769. The summed E-state index contributed by atoms with van der Waals surface area (Å²) in [5.74, 6) is -2.16. The minimum absolute atomic E-state index is 0.0341. The second-order valence-electron chi connectivity index (χ2n) is 4.03. The lowest BCUT2D eigenvalue weighted by Crippen LogP contribution is -2.51. The lowest BCUT2D eigenvalue weighted by atomic mass is 10.1. The Bertz CT molecular complexity index is 629. The van der Waals surface area contributed by atoms with E-state index in [2.05, 4.69) is 22.9 Å². The number of carboxylic acid groups (broad SMARTS) is 1. The summed E-state index contributed by atoms with van der Waals surface area (Å²) in [6.45, 7) is -0.553. The molecular formula is C13H9N2O5S-. The molecule has 0 aromatic heterocycles. The van der Waals surface area contributed by atoms with Gasteiger partial charge in [0.1, 0.15) is 17.9 Å². The van der Waals surface area contributed by atoms with Crippen molar-refractivity contribution in [2.75, 3.05) is 6.61 Å². The maximum Gasteiger partial charge on any atom is 0.263 e. The van der Waals surface area contributed by atoms with Crippen molar-refractivity contribution in [1.82, 2.24) is 10.6 Å². The van der Waals surface area contributed by atoms with Crippen LogP contribution in [0.5, 0.6) is 5.75 Å². The van der Waals surface area contributed by atoms with Crippen LogP contribution >= 0.6 is 12.2 Å². The summed E-state index contributed by atoms with van der Waals surface area (Å²) in [5, 5.41) is 14.9. The van der Waals surface area contributed by atoms with Crippen molar-refractivity contribution in [3.05, 3.63) is 35.4 Å². The second kappa shape index (κ2) is 6.14. The molecule has 2 rings (SSSR count). The lowest BCUT2D eigenvalue weighted by molar-refractivity contribution is -0.307. The highest BCUT2D eigenvalue weighted by Gasteiger charge is 2.25. The molecule has 2 N–H and O–H groups in total. The van der Waals surface area contributed by atoms with Crippen LogP contribution in [0.2, 0.25) is 0 Å². The number of hydrogen-bond donors (Lipinski definition) is 2. The Labute approximate surface area is 124 Å². The highest BCUT2D eigenvalue weighted by Crippen LogP contribution is 2.15. The van der Waals surface area contributed by atoms with Gasteiger partial charge in [-0.25, -0.2) is 0 Å². The zero-order chi connectivity index (χ0) is 15.4. The number of amides is 2. The summed E-state index contributed by atoms with van der Waals surface area (Å²) >= 11 is 4.68. The molecule has 2 amide bonds. The van der Waals surface area contributed by atoms with Crippen LogP contribution in [0, 0.1) is 0 Å². The van der Waals surface area contributed by atoms with Gasteiger partial charge in [0.25, 0.3) is 11.8 Å². The standard InChI is InChI=1S/C13H10N2O5S/c16-10(17)6-20-8-3-1-7(2-4-8)5-9-11(18)14-13(21)15-12(9)19/h1-5H,6H2,(H,16,17)(H2,14,15,18,19,21)/p-1. The fourth-order valence-corrected chi connectivity index (χ4v) is 1.76. The molecule has 1 saturated heterocycles. The normalized spacial score (nSPS) is 14.3. The summed E-state index contributed by atoms with van der Waals surface area (Å²) < 4.78 is 4.91. The van der Waals surface area contributed by atoms with E-state index in [9.17, 15) is 19.5 Å². The Hall–Kier alpha value is -2.74. The highest BCUT2D eigenvalue weighted by atomic mass is 32.1. The number of ether oxygens (including phenoxy) is 1. The predicted octanol–water partition coefficient (Wildman–Crippen LogP) is -1.27. The zero-order valence-corrected chi connectivity index (χ0v) is 11.4. The molecule has 7 nitrogen and oxygen atoms in total. The Morgan fingerprint density at radius 2 is 1.76 bits per heavy atom. The van der Waals surface area contributed by atoms with E-state index < -0.39 is 24.4 Å². The van der Waals surface area contributed by atoms with Crippen molar-refractivity contribution in [3.8, 4) is 5.75 Å². The van der Waals surface area contributed by atoms with Crippen molar-refractivity contribution in [2.45, 2.75) is 0 Å². The molecule has 1 fully saturated rings. The average molecular weight is 305 g/mol. The summed E-state index contributed by atoms with van der Waals surface area (Å²) in [6, 6.07) is 6.17. The Kier molecular flexibility index (Phi) is 4.29. The van der Waals surface area contributed by atoms with Gasteiger partial charge < -0.3 is 14.6 Å². The maximum atomic E-state index is 11.6. The molecule has 1 aliphatic rings. The van der Waals surface area contributed by atoms with E-state index >= 15 is 0 Å². The number of rotatable bonds is 4. The quantitative estimate of drug-likeness (QED) is 0.408. The number of carboxylic acids is 1. The van der Waals surface area contributed by atoms with Gasteiger partial charge in [0.15, 0.2) is 5.11 Å². The SMILES string of the molecule is O=C([O-])COc1ccc(C=C2C(=O)NC(=S)NC2=O)cc1. The van der Waals surface area contributed by atoms with Gasteiger partial charge in [0.05, 0.1) is 5.97 Å². The van der Waals surface area contributed by atoms with Crippen molar-refractivity contribution >= 4 is 41.2 Å². The molecule has 1 aromatic rings. The van der Waals surface area contributed by atoms with Crippen LogP contribution in [0.1, 0.15) is 5.56 Å². The third kappa shape index (κ3) is 3.86. The molecule has 0 aliphatic carbocycles. The van der Waals surface area contributed by atoms with Gasteiger partial charge in [0, 0.05) is 0 Å². The molecule has 8 heteroatoms. The van der Waals surface area contributed by atoms with E-state index in [1.165, 1.54) is 18.2 Å². The Balaban J connectivity index is 2.13. The molecule has 1 aliphatic heterocycles. The zero-order valence-electron chi connectivity index (χ0n) is 10.5. The first-order valence-electron chi connectivity index (χ1n) is 5.77. The molecule has 1 aromatic carbocycles. The van der Waals surface area contributed by atoms with Crippen LogP contribution in [-0.4, -0.2) is 29.5 Å². The van der Waals surface area contributed by atoms with Gasteiger partial charge in [-0.15, -0.1) is 0 Å². The van der Waals surface area contributed by atoms with Gasteiger partial charge in [0.2, 0.25) is 0 Å². The topological polar surface area (TPSA) is 108 Å². The molecule has 0 atom stereocenters. The van der Waals surface area contributed by atoms with Crippen LogP contribution in [0.4, 0.5) is 0 Å². The number of hydrogen-bond acceptors (Lipinski definition) is 6. The number of carbonyl (C=O) groups is 3. The second-order valence-corrected chi connectivity index (χ2v) is 4.43. The van der Waals surface area contributed by atoms with Gasteiger partial charge >= 0.3 is 0 Å². The highest BCUT2D eigenvalue weighted by molar-refractivity contribution is 7.80. The van der Waals surface area contributed by atoms with E-state index in [4.69, 9.17) is 4.74 Å². The fourth-order valence-electron chi connectivity index (χ4n) is 1.58. The minimum atomic E-state index is -1.33. The summed E-state index contributed by atoms with van der Waals surface area (Å²) in [6.07, 6.45) is 1.38. The first-order valence-corrected chi connectivity index (χ1v) is 6.17. The predicted molar refractivity (Wildman–Crippen MR) is 73.8 cm³/mol. The Morgan fingerprint density at radius 3 is 2.29 bits per heavy atom. The van der Waals surface area contributed by atoms with E-state index in [1.807, 2.05) is 0 Å². The lowest BCUT2D eigenvalue weighted by Gasteiger charge is -2.16. The molecule has 0 unspecified atom stereocenters. The van der Waals surface area contributed by atoms with Gasteiger partial charge in [-0.3, -0.25) is 20.2 Å². The number of carbonyl (C=O) groups excluding carboxylic acids is 3. The summed E-state index contributed by atoms with van der Waals surface area (Å²) in [5.41, 5.74) is 0.496. The molecule has 0 spiro atoms. The van der Waals surface area contributed by atoms with E-state index in [1.54, 1.807) is 12.1 Å². The monoisotopic (exact) mass is 305 g/mol. The minimum Gasteiger partial charge on any atom is -0.546 e. The average Bonchev–Trinajstić information content (AvgIpc) is 2.41. The van der Waals surface area contributed by atoms with Crippen molar-refractivity contribution in [2.24, 2.45) is 0 Å². The van der Waals surface area contributed by atoms with Gasteiger partial charge in [-0.1, -0.05) is 12.1 Å². The van der Waals surface area contributed by atoms with E-state index in [0.29, 0.717) is 11.3 Å². The van der Waals surface area contributed by atoms with E-state index in [0.717, 1.165) is 0 Å². The molecule has 108 valence electrons. The van der Waals surface area contributed by atoms with Crippen molar-refractivity contribution < 1.29 is 24.2 Å². The first-order chi connectivity index (χ1) is 9.95. The van der Waals surface area contributed by atoms with E-state index in [-0.39, 0.29) is 10.7 Å². The van der Waals surface area contributed by atoms with Gasteiger partial charge in [-0.05, 0) is 36.0 Å². The molecule has 0 radical (unpaired) electrons. The van der Waals surface area contributed by atoms with Crippen LogP contribution < -0.4 is 20.5 Å². The van der Waals surface area contributed by atoms with Crippen molar-refractivity contribution in [1.29, 1.82) is 0 Å². The number of nitrogens with one attached hydrogen (secondary N) is 2. The molecular weight excluding hydrogens is 296 g/mol. The van der Waals surface area contributed by atoms with Crippen LogP contribution in [0.15, 0.2) is 29.8 Å². The molecule has 0 saturated carbocycles. The van der Waals surface area contributed by atoms with Crippen LogP contribution in [0.25, 0.3) is 6.08 Å². The maximum absolute atomic E-state index is 11.6. The van der Waals surface area contributed by atoms with Crippen LogP contribution in [0.3, 0.4) is 0 Å². The third-order valence-corrected chi connectivity index (χ3v) is 2.70. The Morgan fingerprint density at radius 1 is 1.19 bits per heavy atom. The number of aliphatic carboxylic acids is 1. The van der Waals surface area contributed by atoms with Gasteiger partial charge in [-0.2, -0.15) is 0 Å². The summed E-state index contributed by atoms with van der Waals surface area (Å²) in [4.78, 5) is 33.5. The summed E-state index contributed by atoms with van der Waals surface area (Å²) in [7, 11) is 0. The molecule has 1 heterocycles. The number of thiocarbonyl (C=S) groups is 1. The third-order valence-electron chi connectivity index (χ3n) is 2.49. The molecule has 21 heavy (non-hydrogen) atoms.